The van der Waals surface area contributed by atoms with Crippen molar-refractivity contribution in [3.63, 3.8) is 0 Å². The summed E-state index contributed by atoms with van der Waals surface area (Å²) < 4.78 is 4.85. The van der Waals surface area contributed by atoms with Gasteiger partial charge in [-0.1, -0.05) is 0 Å². The SMILES string of the molecule is COCC(CO)NC(=O)c1cc(S)cs1. The number of thiol groups is 1. The fourth-order valence-corrected chi connectivity index (χ4v) is 2.09. The van der Waals surface area contributed by atoms with E-state index in [4.69, 9.17) is 9.84 Å². The van der Waals surface area contributed by atoms with Gasteiger partial charge >= 0.3 is 0 Å². The molecule has 4 nitrogen and oxygen atoms in total. The Balaban J connectivity index is 2.54. The predicted molar refractivity (Wildman–Crippen MR) is 61.8 cm³/mol. The number of methoxy groups -OCH3 is 1. The smallest absolute Gasteiger partial charge is 0.261 e. The Hall–Kier alpha value is -0.560. The Kier molecular flexibility index (Phi) is 5.10. The zero-order valence-corrected chi connectivity index (χ0v) is 9.98. The lowest BCUT2D eigenvalue weighted by atomic mass is 10.3. The standard InChI is InChI=1S/C9H13NO3S2/c1-13-4-6(3-11)10-9(12)8-2-7(14)5-15-8/h2,5-6,11,14H,3-4H2,1H3,(H,10,12). The summed E-state index contributed by atoms with van der Waals surface area (Å²) in [6.07, 6.45) is 0. The van der Waals surface area contributed by atoms with Crippen LogP contribution in [0.5, 0.6) is 0 Å². The third kappa shape index (κ3) is 3.83. The molecule has 0 saturated heterocycles. The molecule has 84 valence electrons. The summed E-state index contributed by atoms with van der Waals surface area (Å²) in [6.45, 7) is 0.153. The van der Waals surface area contributed by atoms with Crippen molar-refractivity contribution in [2.45, 2.75) is 10.9 Å². The average Bonchev–Trinajstić information content (AvgIpc) is 2.64. The van der Waals surface area contributed by atoms with E-state index in [1.165, 1.54) is 18.4 Å². The van der Waals surface area contributed by atoms with E-state index in [-0.39, 0.29) is 18.6 Å². The highest BCUT2D eigenvalue weighted by Gasteiger charge is 2.13. The van der Waals surface area contributed by atoms with Gasteiger partial charge in [-0.3, -0.25) is 4.79 Å². The highest BCUT2D eigenvalue weighted by atomic mass is 32.1. The Morgan fingerprint density at radius 1 is 1.80 bits per heavy atom. The van der Waals surface area contributed by atoms with Crippen molar-refractivity contribution in [3.05, 3.63) is 16.3 Å². The van der Waals surface area contributed by atoms with Gasteiger partial charge in [-0.25, -0.2) is 0 Å². The Labute approximate surface area is 97.7 Å². The Bertz CT molecular complexity index is 327. The number of ether oxygens (including phenoxy) is 1. The number of amides is 1. The van der Waals surface area contributed by atoms with Crippen molar-refractivity contribution in [2.75, 3.05) is 20.3 Å². The summed E-state index contributed by atoms with van der Waals surface area (Å²) >= 11 is 5.43. The van der Waals surface area contributed by atoms with E-state index in [2.05, 4.69) is 17.9 Å². The second kappa shape index (κ2) is 6.12. The molecule has 0 aromatic carbocycles. The maximum absolute atomic E-state index is 11.6. The molecule has 0 aliphatic heterocycles. The third-order valence-electron chi connectivity index (χ3n) is 1.73. The van der Waals surface area contributed by atoms with E-state index in [9.17, 15) is 4.79 Å². The number of aliphatic hydroxyl groups excluding tert-OH is 1. The largest absolute Gasteiger partial charge is 0.394 e. The van der Waals surface area contributed by atoms with Gasteiger partial charge in [0, 0.05) is 17.4 Å². The number of aliphatic hydroxyl groups is 1. The van der Waals surface area contributed by atoms with Crippen molar-refractivity contribution < 1.29 is 14.6 Å². The first-order valence-corrected chi connectivity index (χ1v) is 5.68. The number of carbonyl (C=O) groups is 1. The number of hydrogen-bond donors (Lipinski definition) is 3. The Morgan fingerprint density at radius 3 is 3.00 bits per heavy atom. The molecule has 1 amide bonds. The molecular weight excluding hydrogens is 234 g/mol. The quantitative estimate of drug-likeness (QED) is 0.674. The molecule has 1 aromatic rings. The molecule has 0 radical (unpaired) electrons. The lowest BCUT2D eigenvalue weighted by molar-refractivity contribution is 0.0843. The molecule has 6 heteroatoms. The minimum absolute atomic E-state index is 0.140. The first kappa shape index (κ1) is 12.5. The summed E-state index contributed by atoms with van der Waals surface area (Å²) in [5.74, 6) is -0.212. The summed E-state index contributed by atoms with van der Waals surface area (Å²) in [4.78, 5) is 12.9. The molecule has 0 fully saturated rings. The van der Waals surface area contributed by atoms with E-state index in [0.29, 0.717) is 11.5 Å². The van der Waals surface area contributed by atoms with Gasteiger partial charge in [0.15, 0.2) is 0 Å². The minimum atomic E-state index is -0.368. The van der Waals surface area contributed by atoms with Crippen molar-refractivity contribution in [1.82, 2.24) is 5.32 Å². The van der Waals surface area contributed by atoms with Crippen LogP contribution >= 0.6 is 24.0 Å². The van der Waals surface area contributed by atoms with Gasteiger partial charge < -0.3 is 15.2 Å². The van der Waals surface area contributed by atoms with Crippen molar-refractivity contribution in [1.29, 1.82) is 0 Å². The van der Waals surface area contributed by atoms with Gasteiger partial charge in [0.2, 0.25) is 0 Å². The number of carbonyl (C=O) groups excluding carboxylic acids is 1. The first-order chi connectivity index (χ1) is 7.17. The fourth-order valence-electron chi connectivity index (χ4n) is 1.04. The van der Waals surface area contributed by atoms with Crippen LogP contribution in [0.25, 0.3) is 0 Å². The van der Waals surface area contributed by atoms with Crippen LogP contribution in [-0.2, 0) is 4.74 Å². The number of nitrogens with one attached hydrogen (secondary N) is 1. The molecule has 1 rings (SSSR count). The van der Waals surface area contributed by atoms with Gasteiger partial charge in [0.05, 0.1) is 24.1 Å². The lowest BCUT2D eigenvalue weighted by Gasteiger charge is -2.14. The van der Waals surface area contributed by atoms with E-state index < -0.39 is 0 Å². The molecule has 1 heterocycles. The predicted octanol–water partition coefficient (Wildman–Crippen LogP) is 0.774. The highest BCUT2D eigenvalue weighted by Crippen LogP contribution is 2.17. The van der Waals surface area contributed by atoms with Crippen LogP contribution in [0.3, 0.4) is 0 Å². The van der Waals surface area contributed by atoms with Crippen LogP contribution in [0.15, 0.2) is 16.3 Å². The van der Waals surface area contributed by atoms with Crippen molar-refractivity contribution >= 4 is 29.9 Å². The van der Waals surface area contributed by atoms with E-state index in [1.54, 1.807) is 11.4 Å². The van der Waals surface area contributed by atoms with E-state index >= 15 is 0 Å². The Morgan fingerprint density at radius 2 is 2.53 bits per heavy atom. The molecule has 15 heavy (non-hydrogen) atoms. The first-order valence-electron chi connectivity index (χ1n) is 4.35. The van der Waals surface area contributed by atoms with Gasteiger partial charge in [-0.2, -0.15) is 0 Å². The second-order valence-electron chi connectivity index (χ2n) is 2.98. The molecule has 0 spiro atoms. The van der Waals surface area contributed by atoms with Crippen LogP contribution in [0, 0.1) is 0 Å². The van der Waals surface area contributed by atoms with Crippen LogP contribution < -0.4 is 5.32 Å². The minimum Gasteiger partial charge on any atom is -0.394 e. The molecule has 1 aromatic heterocycles. The zero-order chi connectivity index (χ0) is 11.3. The van der Waals surface area contributed by atoms with E-state index in [1.807, 2.05) is 0 Å². The molecule has 2 N–H and O–H groups in total. The molecule has 1 unspecified atom stereocenters. The fraction of sp³-hybridized carbons (Fsp3) is 0.444. The molecule has 0 bridgehead atoms. The van der Waals surface area contributed by atoms with Crippen LogP contribution in [0.2, 0.25) is 0 Å². The topological polar surface area (TPSA) is 58.6 Å². The summed E-state index contributed by atoms with van der Waals surface area (Å²) in [6, 6.07) is 1.32. The molecular formula is C9H13NO3S2. The van der Waals surface area contributed by atoms with Crippen LogP contribution in [0.4, 0.5) is 0 Å². The van der Waals surface area contributed by atoms with Gasteiger partial charge in [-0.05, 0) is 6.07 Å². The summed E-state index contributed by atoms with van der Waals surface area (Å²) in [5, 5.41) is 13.4. The molecule has 1 atom stereocenters. The average molecular weight is 247 g/mol. The van der Waals surface area contributed by atoms with Gasteiger partial charge in [0.25, 0.3) is 5.91 Å². The maximum atomic E-state index is 11.6. The highest BCUT2D eigenvalue weighted by molar-refractivity contribution is 7.80. The van der Waals surface area contributed by atoms with Gasteiger partial charge in [0.1, 0.15) is 0 Å². The molecule has 0 saturated carbocycles. The molecule has 0 aliphatic rings. The summed E-state index contributed by atoms with van der Waals surface area (Å²) in [7, 11) is 1.52. The van der Waals surface area contributed by atoms with Gasteiger partial charge in [-0.15, -0.1) is 24.0 Å². The monoisotopic (exact) mass is 247 g/mol. The van der Waals surface area contributed by atoms with Crippen LogP contribution in [0.1, 0.15) is 9.67 Å². The van der Waals surface area contributed by atoms with Crippen molar-refractivity contribution in [2.24, 2.45) is 0 Å². The van der Waals surface area contributed by atoms with Crippen LogP contribution in [-0.4, -0.2) is 37.4 Å². The maximum Gasteiger partial charge on any atom is 0.261 e. The second-order valence-corrected chi connectivity index (χ2v) is 4.41. The van der Waals surface area contributed by atoms with E-state index in [0.717, 1.165) is 4.90 Å². The number of thiophene rings is 1. The number of rotatable bonds is 5. The zero-order valence-electron chi connectivity index (χ0n) is 8.27. The molecule has 0 aliphatic carbocycles. The van der Waals surface area contributed by atoms with Crippen molar-refractivity contribution in [3.8, 4) is 0 Å². The summed E-state index contributed by atoms with van der Waals surface area (Å²) in [5.41, 5.74) is 0. The third-order valence-corrected chi connectivity index (χ3v) is 3.09. The lowest BCUT2D eigenvalue weighted by Crippen LogP contribution is -2.40. The normalized spacial score (nSPS) is 12.5. The number of hydrogen-bond acceptors (Lipinski definition) is 5.